The van der Waals surface area contributed by atoms with E-state index in [2.05, 4.69) is 42.3 Å². The average molecular weight is 412 g/mol. The number of anilines is 1. The Morgan fingerprint density at radius 3 is 2.58 bits per heavy atom. The molecule has 1 aromatic heterocycles. The van der Waals surface area contributed by atoms with Gasteiger partial charge in [-0.3, -0.25) is 4.79 Å². The second-order valence-electron chi connectivity index (χ2n) is 7.51. The van der Waals surface area contributed by atoms with Crippen molar-refractivity contribution in [1.82, 2.24) is 4.98 Å². The van der Waals surface area contributed by atoms with Crippen LogP contribution in [0.15, 0.2) is 77.4 Å². The fourth-order valence-corrected chi connectivity index (χ4v) is 3.50. The zero-order valence-electron chi connectivity index (χ0n) is 17.8. The normalized spacial score (nSPS) is 10.7. The van der Waals surface area contributed by atoms with Crippen molar-refractivity contribution in [1.29, 1.82) is 0 Å². The molecule has 0 unspecified atom stereocenters. The van der Waals surface area contributed by atoms with E-state index >= 15 is 0 Å². The molecule has 0 bridgehead atoms. The van der Waals surface area contributed by atoms with Gasteiger partial charge in [0.15, 0.2) is 0 Å². The number of oxazole rings is 1. The molecule has 3 aromatic carbocycles. The fourth-order valence-electron chi connectivity index (χ4n) is 3.50. The summed E-state index contributed by atoms with van der Waals surface area (Å²) in [6, 6.07) is 21.2. The van der Waals surface area contributed by atoms with E-state index in [0.717, 1.165) is 39.4 Å². The number of nitrogens with one attached hydrogen (secondary N) is 1. The van der Waals surface area contributed by atoms with E-state index in [1.54, 1.807) is 13.4 Å². The number of hydrogen-bond acceptors (Lipinski definition) is 4. The third kappa shape index (κ3) is 4.83. The lowest BCUT2D eigenvalue weighted by Crippen LogP contribution is -2.14. The minimum absolute atomic E-state index is 0.0886. The van der Waals surface area contributed by atoms with Crippen LogP contribution in [0.1, 0.15) is 16.7 Å². The Bertz CT molecular complexity index is 1210. The summed E-state index contributed by atoms with van der Waals surface area (Å²) < 4.78 is 10.9. The predicted molar refractivity (Wildman–Crippen MR) is 122 cm³/mol. The molecule has 1 amide bonds. The van der Waals surface area contributed by atoms with Gasteiger partial charge in [0.1, 0.15) is 17.7 Å². The Labute approximate surface area is 181 Å². The highest BCUT2D eigenvalue weighted by Crippen LogP contribution is 2.28. The van der Waals surface area contributed by atoms with Crippen LogP contribution in [0.2, 0.25) is 0 Å². The van der Waals surface area contributed by atoms with Crippen molar-refractivity contribution in [3.63, 3.8) is 0 Å². The Hall–Kier alpha value is -3.86. The highest BCUT2D eigenvalue weighted by Gasteiger charge is 2.11. The van der Waals surface area contributed by atoms with Gasteiger partial charge in [0, 0.05) is 16.8 Å². The van der Waals surface area contributed by atoms with E-state index < -0.39 is 0 Å². The predicted octanol–water partition coefficient (Wildman–Crippen LogP) is 5.82. The Balaban J connectivity index is 1.43. The third-order valence-corrected chi connectivity index (χ3v) is 5.08. The molecular formula is C26H24N2O3. The molecule has 0 spiro atoms. The molecule has 31 heavy (non-hydrogen) atoms. The summed E-state index contributed by atoms with van der Waals surface area (Å²) in [5.41, 5.74) is 6.71. The largest absolute Gasteiger partial charge is 0.497 e. The van der Waals surface area contributed by atoms with E-state index in [1.165, 1.54) is 5.56 Å². The van der Waals surface area contributed by atoms with Crippen LogP contribution in [-0.2, 0) is 11.2 Å². The summed E-state index contributed by atoms with van der Waals surface area (Å²) in [6.07, 6.45) is 1.95. The topological polar surface area (TPSA) is 64.4 Å². The lowest BCUT2D eigenvalue weighted by atomic mass is 10.0. The van der Waals surface area contributed by atoms with Crippen LogP contribution in [0.4, 0.5) is 5.69 Å². The molecule has 0 aliphatic carbocycles. The number of nitrogens with zero attached hydrogens (tertiary/aromatic N) is 1. The zero-order chi connectivity index (χ0) is 21.8. The van der Waals surface area contributed by atoms with Crippen molar-refractivity contribution in [2.45, 2.75) is 20.3 Å². The first-order valence-electron chi connectivity index (χ1n) is 10.1. The second kappa shape index (κ2) is 8.88. The zero-order valence-corrected chi connectivity index (χ0v) is 17.8. The first-order chi connectivity index (χ1) is 15.0. The maximum Gasteiger partial charge on any atom is 0.228 e. The molecule has 4 rings (SSSR count). The number of aromatic nitrogens is 1. The summed E-state index contributed by atoms with van der Waals surface area (Å²) in [7, 11) is 1.61. The molecule has 0 atom stereocenters. The first-order valence-corrected chi connectivity index (χ1v) is 10.1. The molecule has 0 radical (unpaired) electrons. The van der Waals surface area contributed by atoms with E-state index in [1.807, 2.05) is 48.5 Å². The van der Waals surface area contributed by atoms with Gasteiger partial charge in [0.2, 0.25) is 11.8 Å². The number of carbonyl (C=O) groups is 1. The van der Waals surface area contributed by atoms with Crippen molar-refractivity contribution >= 4 is 11.6 Å². The Morgan fingerprint density at radius 2 is 1.84 bits per heavy atom. The maximum absolute atomic E-state index is 12.4. The molecule has 0 saturated carbocycles. The van der Waals surface area contributed by atoms with Crippen molar-refractivity contribution in [2.24, 2.45) is 0 Å². The fraction of sp³-hybridized carbons (Fsp3) is 0.154. The molecule has 0 aliphatic rings. The number of amides is 1. The SMILES string of the molecule is COc1cccc(CC(=O)Nc2ccc(-c3nc(-c4ccc(C)cc4C)co3)cc2)c1. The van der Waals surface area contributed by atoms with Gasteiger partial charge in [0.25, 0.3) is 0 Å². The lowest BCUT2D eigenvalue weighted by molar-refractivity contribution is -0.115. The van der Waals surface area contributed by atoms with Gasteiger partial charge < -0.3 is 14.5 Å². The second-order valence-corrected chi connectivity index (χ2v) is 7.51. The van der Waals surface area contributed by atoms with Gasteiger partial charge in [-0.15, -0.1) is 0 Å². The van der Waals surface area contributed by atoms with Crippen LogP contribution in [0.25, 0.3) is 22.7 Å². The van der Waals surface area contributed by atoms with Gasteiger partial charge in [-0.2, -0.15) is 0 Å². The van der Waals surface area contributed by atoms with E-state index in [-0.39, 0.29) is 12.3 Å². The van der Waals surface area contributed by atoms with Crippen molar-refractivity contribution in [3.8, 4) is 28.5 Å². The van der Waals surface area contributed by atoms with Gasteiger partial charge >= 0.3 is 0 Å². The highest BCUT2D eigenvalue weighted by molar-refractivity contribution is 5.92. The van der Waals surface area contributed by atoms with Crippen LogP contribution in [0.5, 0.6) is 5.75 Å². The Morgan fingerprint density at radius 1 is 1.03 bits per heavy atom. The van der Waals surface area contributed by atoms with Gasteiger partial charge in [-0.25, -0.2) is 4.98 Å². The quantitative estimate of drug-likeness (QED) is 0.434. The molecular weight excluding hydrogens is 388 g/mol. The first kappa shape index (κ1) is 20.4. The summed E-state index contributed by atoms with van der Waals surface area (Å²) in [4.78, 5) is 17.0. The average Bonchev–Trinajstić information content (AvgIpc) is 3.24. The lowest BCUT2D eigenvalue weighted by Gasteiger charge is -2.07. The standard InChI is InChI=1S/C26H24N2O3/c1-17-7-12-23(18(2)13-17)24-16-31-26(28-24)20-8-10-21(11-9-20)27-25(29)15-19-5-4-6-22(14-19)30-3/h4-14,16H,15H2,1-3H3,(H,27,29). The number of hydrogen-bond donors (Lipinski definition) is 1. The summed E-state index contributed by atoms with van der Waals surface area (Å²) in [5, 5.41) is 2.92. The van der Waals surface area contributed by atoms with E-state index in [0.29, 0.717) is 5.89 Å². The van der Waals surface area contributed by atoms with Crippen LogP contribution in [0, 0.1) is 13.8 Å². The molecule has 0 fully saturated rings. The van der Waals surface area contributed by atoms with Crippen LogP contribution < -0.4 is 10.1 Å². The molecule has 0 aliphatic heterocycles. The monoisotopic (exact) mass is 412 g/mol. The number of carbonyl (C=O) groups excluding carboxylic acids is 1. The molecule has 1 N–H and O–H groups in total. The highest BCUT2D eigenvalue weighted by atomic mass is 16.5. The van der Waals surface area contributed by atoms with E-state index in [4.69, 9.17) is 9.15 Å². The number of benzene rings is 3. The van der Waals surface area contributed by atoms with E-state index in [9.17, 15) is 4.79 Å². The maximum atomic E-state index is 12.4. The molecule has 1 heterocycles. The minimum Gasteiger partial charge on any atom is -0.497 e. The van der Waals surface area contributed by atoms with Crippen LogP contribution in [-0.4, -0.2) is 18.0 Å². The van der Waals surface area contributed by atoms with Gasteiger partial charge in [-0.1, -0.05) is 35.9 Å². The van der Waals surface area contributed by atoms with Gasteiger partial charge in [-0.05, 0) is 61.4 Å². The molecule has 4 aromatic rings. The summed E-state index contributed by atoms with van der Waals surface area (Å²) in [6.45, 7) is 4.14. The summed E-state index contributed by atoms with van der Waals surface area (Å²) in [5.74, 6) is 1.19. The van der Waals surface area contributed by atoms with Crippen molar-refractivity contribution in [2.75, 3.05) is 12.4 Å². The third-order valence-electron chi connectivity index (χ3n) is 5.08. The molecule has 156 valence electrons. The Kier molecular flexibility index (Phi) is 5.85. The molecule has 5 nitrogen and oxygen atoms in total. The van der Waals surface area contributed by atoms with Crippen molar-refractivity contribution < 1.29 is 13.9 Å². The number of rotatable bonds is 6. The molecule has 0 saturated heterocycles. The van der Waals surface area contributed by atoms with Gasteiger partial charge in [0.05, 0.1) is 13.5 Å². The van der Waals surface area contributed by atoms with Crippen LogP contribution in [0.3, 0.4) is 0 Å². The van der Waals surface area contributed by atoms with Crippen LogP contribution >= 0.6 is 0 Å². The number of methoxy groups -OCH3 is 1. The molecule has 5 heteroatoms. The smallest absolute Gasteiger partial charge is 0.228 e. The minimum atomic E-state index is -0.0886. The number of ether oxygens (including phenoxy) is 1. The number of aryl methyl sites for hydroxylation is 2. The van der Waals surface area contributed by atoms with Crippen molar-refractivity contribution in [3.05, 3.63) is 89.7 Å². The summed E-state index contributed by atoms with van der Waals surface area (Å²) >= 11 is 0.